The molecule has 12 heavy (non-hydrogen) atoms. The van der Waals surface area contributed by atoms with E-state index in [1.54, 1.807) is 0 Å². The molecule has 0 spiro atoms. The molecule has 1 aromatic rings. The Morgan fingerprint density at radius 3 is 2.25 bits per heavy atom. The second kappa shape index (κ2) is 2.95. The summed E-state index contributed by atoms with van der Waals surface area (Å²) in [6.07, 6.45) is 0. The van der Waals surface area contributed by atoms with E-state index in [-0.39, 0.29) is 22.8 Å². The van der Waals surface area contributed by atoms with Gasteiger partial charge in [0.15, 0.2) is 5.69 Å². The van der Waals surface area contributed by atoms with Gasteiger partial charge in [0.2, 0.25) is 0 Å². The summed E-state index contributed by atoms with van der Waals surface area (Å²) in [5.74, 6) is -0.366. The molecule has 0 unspecified atom stereocenters. The van der Waals surface area contributed by atoms with Crippen molar-refractivity contribution in [2.75, 3.05) is 5.73 Å². The molecule has 0 fully saturated rings. The molecule has 0 atom stereocenters. The number of aromatic hydroxyl groups is 1. The van der Waals surface area contributed by atoms with Gasteiger partial charge in [0, 0.05) is 12.1 Å². The molecule has 0 saturated carbocycles. The van der Waals surface area contributed by atoms with Gasteiger partial charge in [0.1, 0.15) is 11.4 Å². The van der Waals surface area contributed by atoms with Crippen LogP contribution in [0.2, 0.25) is 0 Å². The maximum atomic E-state index is 10.1. The molecule has 62 valence electrons. The molecule has 0 aliphatic rings. The molecule has 0 saturated heterocycles. The Morgan fingerprint density at radius 1 is 1.17 bits per heavy atom. The fourth-order valence-electron chi connectivity index (χ4n) is 0.734. The van der Waals surface area contributed by atoms with E-state index in [9.17, 15) is 9.81 Å². The number of phenolic OH excluding ortho intramolecular Hbond substituents is 1. The number of anilines is 1. The molecule has 0 heterocycles. The number of nitrogens with zero attached hydrogens (tertiary/aromatic N) is 2. The van der Waals surface area contributed by atoms with E-state index >= 15 is 0 Å². The van der Waals surface area contributed by atoms with Gasteiger partial charge in [0.25, 0.3) is 0 Å². The number of rotatable bonds is 2. The van der Waals surface area contributed by atoms with E-state index in [4.69, 9.17) is 10.8 Å². The highest BCUT2D eigenvalue weighted by Crippen LogP contribution is 2.35. The second-order valence-electron chi connectivity index (χ2n) is 2.08. The quantitative estimate of drug-likeness (QED) is 0.517. The lowest BCUT2D eigenvalue weighted by atomic mass is 10.2. The molecule has 0 aliphatic carbocycles. The maximum absolute atomic E-state index is 10.1. The van der Waals surface area contributed by atoms with Crippen LogP contribution < -0.4 is 5.73 Å². The number of phenols is 1. The third-order valence-electron chi connectivity index (χ3n) is 1.32. The first-order chi connectivity index (χ1) is 5.69. The van der Waals surface area contributed by atoms with Crippen LogP contribution in [0.25, 0.3) is 0 Å². The summed E-state index contributed by atoms with van der Waals surface area (Å²) in [5.41, 5.74) is 4.91. The number of benzene rings is 1. The van der Waals surface area contributed by atoms with E-state index in [1.807, 2.05) is 0 Å². The van der Waals surface area contributed by atoms with Gasteiger partial charge in [-0.2, -0.15) is 0 Å². The van der Waals surface area contributed by atoms with Crippen molar-refractivity contribution in [1.82, 2.24) is 0 Å². The average molecular weight is 167 g/mol. The Labute approximate surface area is 67.0 Å². The Morgan fingerprint density at radius 2 is 1.75 bits per heavy atom. The van der Waals surface area contributed by atoms with Crippen molar-refractivity contribution in [3.8, 4) is 5.75 Å². The molecule has 3 N–H and O–H groups in total. The topological polar surface area (TPSA) is 105 Å². The van der Waals surface area contributed by atoms with Gasteiger partial charge >= 0.3 is 0 Å². The summed E-state index contributed by atoms with van der Waals surface area (Å²) in [4.78, 5) is 20.1. The molecular formula is C6H5N3O3. The molecule has 6 nitrogen and oxygen atoms in total. The second-order valence-corrected chi connectivity index (χ2v) is 2.08. The van der Waals surface area contributed by atoms with Crippen molar-refractivity contribution >= 4 is 17.1 Å². The summed E-state index contributed by atoms with van der Waals surface area (Å²) < 4.78 is 0. The number of nitroso groups, excluding NO2 is 2. The van der Waals surface area contributed by atoms with Gasteiger partial charge in [-0.3, -0.25) is 0 Å². The van der Waals surface area contributed by atoms with Crippen LogP contribution in [0.4, 0.5) is 17.1 Å². The number of hydrogen-bond donors (Lipinski definition) is 2. The Hall–Kier alpha value is -1.98. The van der Waals surface area contributed by atoms with Crippen molar-refractivity contribution < 1.29 is 5.11 Å². The molecule has 0 bridgehead atoms. The van der Waals surface area contributed by atoms with Gasteiger partial charge in [-0.1, -0.05) is 0 Å². The van der Waals surface area contributed by atoms with Crippen molar-refractivity contribution in [2.24, 2.45) is 10.4 Å². The number of nitrogen functional groups attached to an aromatic ring is 1. The Balaban J connectivity index is 3.36. The Bertz CT molecular complexity index is 308. The predicted molar refractivity (Wildman–Crippen MR) is 43.4 cm³/mol. The zero-order valence-electron chi connectivity index (χ0n) is 5.89. The summed E-state index contributed by atoms with van der Waals surface area (Å²) in [7, 11) is 0. The molecule has 0 aromatic heterocycles. The zero-order valence-corrected chi connectivity index (χ0v) is 5.89. The van der Waals surface area contributed by atoms with E-state index < -0.39 is 0 Å². The standard InChI is InChI=1S/C6H5N3O3/c7-3-1-6(10)5(9-12)2-4(3)8-11/h1-2,10H,7H2. The minimum absolute atomic E-state index is 0.00917. The highest BCUT2D eigenvalue weighted by molar-refractivity contribution is 5.72. The average Bonchev–Trinajstić information content (AvgIpc) is 2.05. The first-order valence-electron chi connectivity index (χ1n) is 2.98. The minimum Gasteiger partial charge on any atom is -0.505 e. The van der Waals surface area contributed by atoms with E-state index in [0.29, 0.717) is 0 Å². The van der Waals surface area contributed by atoms with Gasteiger partial charge in [-0.25, -0.2) is 0 Å². The van der Waals surface area contributed by atoms with Crippen molar-refractivity contribution in [3.05, 3.63) is 21.9 Å². The van der Waals surface area contributed by atoms with Crippen LogP contribution in [0.1, 0.15) is 0 Å². The smallest absolute Gasteiger partial charge is 0.152 e. The monoisotopic (exact) mass is 167 g/mol. The normalized spacial score (nSPS) is 9.33. The fourth-order valence-corrected chi connectivity index (χ4v) is 0.734. The summed E-state index contributed by atoms with van der Waals surface area (Å²) in [5, 5.41) is 14.0. The van der Waals surface area contributed by atoms with Crippen LogP contribution in [-0.4, -0.2) is 5.11 Å². The molecule has 1 aromatic carbocycles. The summed E-state index contributed by atoms with van der Waals surface area (Å²) >= 11 is 0. The van der Waals surface area contributed by atoms with Crippen LogP contribution >= 0.6 is 0 Å². The van der Waals surface area contributed by atoms with Crippen LogP contribution in [-0.2, 0) is 0 Å². The summed E-state index contributed by atoms with van der Waals surface area (Å²) in [6.45, 7) is 0. The predicted octanol–water partition coefficient (Wildman–Crippen LogP) is 1.77. The summed E-state index contributed by atoms with van der Waals surface area (Å²) in [6, 6.07) is 2.07. The maximum Gasteiger partial charge on any atom is 0.152 e. The van der Waals surface area contributed by atoms with Gasteiger partial charge < -0.3 is 10.8 Å². The lowest BCUT2D eigenvalue weighted by Gasteiger charge is -1.98. The first-order valence-corrected chi connectivity index (χ1v) is 2.98. The molecule has 1 rings (SSSR count). The third-order valence-corrected chi connectivity index (χ3v) is 1.32. The number of hydrogen-bond acceptors (Lipinski definition) is 6. The molecule has 0 aliphatic heterocycles. The van der Waals surface area contributed by atoms with E-state index in [2.05, 4.69) is 10.4 Å². The Kier molecular flexibility index (Phi) is 2.00. The van der Waals surface area contributed by atoms with Crippen LogP contribution in [0, 0.1) is 9.81 Å². The molecule has 0 amide bonds. The number of nitrogens with two attached hydrogens (primary N) is 1. The van der Waals surface area contributed by atoms with Crippen molar-refractivity contribution in [1.29, 1.82) is 0 Å². The van der Waals surface area contributed by atoms with Gasteiger partial charge in [0.05, 0.1) is 5.69 Å². The zero-order chi connectivity index (χ0) is 9.14. The van der Waals surface area contributed by atoms with Crippen molar-refractivity contribution in [2.45, 2.75) is 0 Å². The fraction of sp³-hybridized carbons (Fsp3) is 0. The lowest BCUT2D eigenvalue weighted by molar-refractivity contribution is 0.477. The van der Waals surface area contributed by atoms with Gasteiger partial charge in [-0.05, 0) is 10.4 Å². The first kappa shape index (κ1) is 8.12. The highest BCUT2D eigenvalue weighted by atomic mass is 16.3. The van der Waals surface area contributed by atoms with Crippen LogP contribution in [0.3, 0.4) is 0 Å². The SMILES string of the molecule is Nc1cc(O)c(N=O)cc1N=O. The third kappa shape index (κ3) is 1.22. The van der Waals surface area contributed by atoms with E-state index in [1.165, 1.54) is 0 Å². The van der Waals surface area contributed by atoms with E-state index in [0.717, 1.165) is 12.1 Å². The molecular weight excluding hydrogens is 162 g/mol. The van der Waals surface area contributed by atoms with Crippen molar-refractivity contribution in [3.63, 3.8) is 0 Å². The molecule has 0 radical (unpaired) electrons. The highest BCUT2D eigenvalue weighted by Gasteiger charge is 2.07. The lowest BCUT2D eigenvalue weighted by Crippen LogP contribution is -1.84. The van der Waals surface area contributed by atoms with Crippen LogP contribution in [0.15, 0.2) is 22.5 Å². The minimum atomic E-state index is -0.366. The van der Waals surface area contributed by atoms with Gasteiger partial charge in [-0.15, -0.1) is 9.81 Å². The molecule has 6 heteroatoms. The largest absolute Gasteiger partial charge is 0.505 e. The van der Waals surface area contributed by atoms with Crippen LogP contribution in [0.5, 0.6) is 5.75 Å².